The second-order valence-corrected chi connectivity index (χ2v) is 5.75. The maximum Gasteiger partial charge on any atom is 0.0716 e. The molecule has 4 rings (SSSR count). The Morgan fingerprint density at radius 2 is 1.94 bits per heavy atom. The van der Waals surface area contributed by atoms with Crippen molar-refractivity contribution in [3.63, 3.8) is 0 Å². The third kappa shape index (κ3) is 1.36. The van der Waals surface area contributed by atoms with Gasteiger partial charge >= 0.3 is 0 Å². The molecule has 0 spiro atoms. The van der Waals surface area contributed by atoms with Crippen LogP contribution in [0.25, 0.3) is 31.1 Å². The highest BCUT2D eigenvalue weighted by atomic mass is 35.5. The first-order valence-corrected chi connectivity index (χ1v) is 6.88. The van der Waals surface area contributed by atoms with Crippen molar-refractivity contribution >= 4 is 54.0 Å². The summed E-state index contributed by atoms with van der Waals surface area (Å²) in [5, 5.41) is 4.36. The van der Waals surface area contributed by atoms with Crippen LogP contribution in [0.2, 0.25) is 5.02 Å². The molecule has 0 N–H and O–H groups in total. The molecule has 0 aliphatic heterocycles. The topological polar surface area (TPSA) is 12.9 Å². The molecule has 1 nitrogen and oxygen atoms in total. The zero-order valence-electron chi connectivity index (χ0n) is 9.35. The molecule has 0 saturated heterocycles. The largest absolute Gasteiger partial charge is 0.256 e. The molecule has 0 aliphatic rings. The van der Waals surface area contributed by atoms with Crippen LogP contribution < -0.4 is 0 Å². The predicted octanol–water partition coefficient (Wildman–Crippen LogP) is 5.26. The summed E-state index contributed by atoms with van der Waals surface area (Å²) in [4.78, 5) is 4.40. The van der Waals surface area contributed by atoms with Gasteiger partial charge in [0.1, 0.15) is 0 Å². The Kier molecular flexibility index (Phi) is 2.10. The molecule has 0 fully saturated rings. The summed E-state index contributed by atoms with van der Waals surface area (Å²) >= 11 is 8.09. The highest BCUT2D eigenvalue weighted by Crippen LogP contribution is 2.39. The van der Waals surface area contributed by atoms with Gasteiger partial charge in [-0.25, -0.2) is 0 Å². The van der Waals surface area contributed by atoms with Crippen LogP contribution in [0.5, 0.6) is 0 Å². The van der Waals surface area contributed by atoms with Gasteiger partial charge in [0, 0.05) is 36.8 Å². The predicted molar refractivity (Wildman–Crippen MR) is 79.6 cm³/mol. The lowest BCUT2D eigenvalue weighted by molar-refractivity contribution is 1.42. The summed E-state index contributed by atoms with van der Waals surface area (Å²) in [5.41, 5.74) is 1.03. The van der Waals surface area contributed by atoms with Crippen molar-refractivity contribution in [2.24, 2.45) is 0 Å². The Bertz CT molecular complexity index is 895. The maximum atomic E-state index is 6.32. The van der Waals surface area contributed by atoms with Crippen molar-refractivity contribution < 1.29 is 0 Å². The molecule has 18 heavy (non-hydrogen) atoms. The zero-order valence-corrected chi connectivity index (χ0v) is 10.9. The van der Waals surface area contributed by atoms with E-state index in [-0.39, 0.29) is 0 Å². The fourth-order valence-corrected chi connectivity index (χ4v) is 3.83. The Morgan fingerprint density at radius 1 is 1.00 bits per heavy atom. The summed E-state index contributed by atoms with van der Waals surface area (Å²) in [7, 11) is 0. The quantitative estimate of drug-likeness (QED) is 0.424. The molecule has 0 amide bonds. The second kappa shape index (κ2) is 3.67. The van der Waals surface area contributed by atoms with Gasteiger partial charge in [0.05, 0.1) is 5.52 Å². The van der Waals surface area contributed by atoms with E-state index in [1.807, 2.05) is 24.4 Å². The van der Waals surface area contributed by atoms with Gasteiger partial charge in [0.2, 0.25) is 0 Å². The lowest BCUT2D eigenvalue weighted by Crippen LogP contribution is -1.76. The molecule has 0 unspecified atom stereocenters. The van der Waals surface area contributed by atoms with Gasteiger partial charge in [-0.05, 0) is 30.3 Å². The van der Waals surface area contributed by atoms with Crippen LogP contribution in [0.15, 0.2) is 48.7 Å². The second-order valence-electron chi connectivity index (χ2n) is 4.26. The number of fused-ring (bicyclic) bond motifs is 4. The molecule has 0 bridgehead atoms. The minimum Gasteiger partial charge on any atom is -0.256 e. The Hall–Kier alpha value is -1.64. The summed E-state index contributed by atoms with van der Waals surface area (Å²) in [6.07, 6.45) is 1.83. The molecule has 2 aromatic carbocycles. The SMILES string of the molecule is Clc1cccc2sc3cc4ncccc4cc3c12. The zero-order chi connectivity index (χ0) is 12.1. The van der Waals surface area contributed by atoms with Crippen molar-refractivity contribution in [3.05, 3.63) is 53.7 Å². The van der Waals surface area contributed by atoms with E-state index in [2.05, 4.69) is 29.2 Å². The fraction of sp³-hybridized carbons (Fsp3) is 0. The van der Waals surface area contributed by atoms with Crippen molar-refractivity contribution in [1.29, 1.82) is 0 Å². The van der Waals surface area contributed by atoms with Crippen molar-refractivity contribution in [1.82, 2.24) is 4.98 Å². The van der Waals surface area contributed by atoms with Crippen LogP contribution in [0.3, 0.4) is 0 Å². The minimum atomic E-state index is 0.821. The van der Waals surface area contributed by atoms with Gasteiger partial charge in [-0.1, -0.05) is 23.7 Å². The summed E-state index contributed by atoms with van der Waals surface area (Å²) < 4.78 is 2.47. The average molecular weight is 270 g/mol. The number of hydrogen-bond acceptors (Lipinski definition) is 2. The van der Waals surface area contributed by atoms with E-state index in [9.17, 15) is 0 Å². The molecule has 86 valence electrons. The Morgan fingerprint density at radius 3 is 2.89 bits per heavy atom. The molecule has 0 aliphatic carbocycles. The minimum absolute atomic E-state index is 0.821. The van der Waals surface area contributed by atoms with Crippen LogP contribution in [0, 0.1) is 0 Å². The summed E-state index contributed by atoms with van der Waals surface area (Å²) in [6.45, 7) is 0. The van der Waals surface area contributed by atoms with Gasteiger partial charge in [0.25, 0.3) is 0 Å². The van der Waals surface area contributed by atoms with E-state index < -0.39 is 0 Å². The number of thiophene rings is 1. The summed E-state index contributed by atoms with van der Waals surface area (Å²) in [6, 6.07) is 14.4. The standard InChI is InChI=1S/C15H8ClNS/c16-11-4-1-5-13-15(11)10-7-9-3-2-6-17-12(9)8-14(10)18-13/h1-8H. The molecule has 0 atom stereocenters. The van der Waals surface area contributed by atoms with Crippen LogP contribution in [-0.2, 0) is 0 Å². The van der Waals surface area contributed by atoms with E-state index in [0.717, 1.165) is 21.3 Å². The number of pyridine rings is 1. The third-order valence-corrected chi connectivity index (χ3v) is 4.60. The average Bonchev–Trinajstić information content (AvgIpc) is 2.74. The van der Waals surface area contributed by atoms with Gasteiger partial charge in [0.15, 0.2) is 0 Å². The first kappa shape index (κ1) is 10.3. The monoisotopic (exact) mass is 269 g/mol. The molecule has 4 aromatic rings. The number of hydrogen-bond donors (Lipinski definition) is 0. The highest BCUT2D eigenvalue weighted by Gasteiger charge is 2.09. The Labute approximate surface area is 113 Å². The first-order valence-electron chi connectivity index (χ1n) is 5.68. The Balaban J connectivity index is 2.29. The van der Waals surface area contributed by atoms with Crippen molar-refractivity contribution in [3.8, 4) is 0 Å². The molecular formula is C15H8ClNS. The van der Waals surface area contributed by atoms with Crippen molar-refractivity contribution in [2.75, 3.05) is 0 Å². The van der Waals surface area contributed by atoms with Gasteiger partial charge < -0.3 is 0 Å². The smallest absolute Gasteiger partial charge is 0.0716 e. The normalized spacial score (nSPS) is 11.6. The van der Waals surface area contributed by atoms with Crippen molar-refractivity contribution in [2.45, 2.75) is 0 Å². The van der Waals surface area contributed by atoms with E-state index in [4.69, 9.17) is 11.6 Å². The summed E-state index contributed by atoms with van der Waals surface area (Å²) in [5.74, 6) is 0. The molecule has 3 heteroatoms. The van der Waals surface area contributed by atoms with Gasteiger partial charge in [-0.2, -0.15) is 0 Å². The maximum absolute atomic E-state index is 6.32. The van der Waals surface area contributed by atoms with Gasteiger partial charge in [-0.15, -0.1) is 11.3 Å². The fourth-order valence-electron chi connectivity index (χ4n) is 2.35. The van der Waals surface area contributed by atoms with Gasteiger partial charge in [-0.3, -0.25) is 4.98 Å². The molecule has 2 aromatic heterocycles. The molecule has 2 heterocycles. The van der Waals surface area contributed by atoms with Crippen LogP contribution >= 0.6 is 22.9 Å². The molecule has 0 radical (unpaired) electrons. The van der Waals surface area contributed by atoms with Crippen LogP contribution in [-0.4, -0.2) is 4.98 Å². The lowest BCUT2D eigenvalue weighted by Gasteiger charge is -1.98. The number of rotatable bonds is 0. The van der Waals surface area contributed by atoms with E-state index in [1.54, 1.807) is 11.3 Å². The molecular weight excluding hydrogens is 262 g/mol. The van der Waals surface area contributed by atoms with E-state index in [0.29, 0.717) is 0 Å². The van der Waals surface area contributed by atoms with Crippen LogP contribution in [0.4, 0.5) is 0 Å². The third-order valence-electron chi connectivity index (χ3n) is 3.17. The lowest BCUT2D eigenvalue weighted by atomic mass is 10.1. The van der Waals surface area contributed by atoms with E-state index in [1.165, 1.54) is 14.8 Å². The number of benzene rings is 2. The molecule has 0 saturated carbocycles. The number of halogens is 1. The van der Waals surface area contributed by atoms with E-state index >= 15 is 0 Å². The number of nitrogens with zero attached hydrogens (tertiary/aromatic N) is 1. The first-order chi connectivity index (χ1) is 8.83. The van der Waals surface area contributed by atoms with Crippen LogP contribution in [0.1, 0.15) is 0 Å². The number of aromatic nitrogens is 1. The highest BCUT2D eigenvalue weighted by molar-refractivity contribution is 7.26.